The SMILES string of the molecule is O=C(CCCn1c(=O)oc2cc([N+](=O)[O-])ccc21)Nc1ccc(N2CCCC2=O)c(Cl)c1. The van der Waals surface area contributed by atoms with Crippen molar-refractivity contribution >= 4 is 51.6 Å². The van der Waals surface area contributed by atoms with Crippen molar-refractivity contribution in [1.82, 2.24) is 4.57 Å². The summed E-state index contributed by atoms with van der Waals surface area (Å²) in [6.45, 7) is 0.841. The number of nitro groups is 1. The van der Waals surface area contributed by atoms with Gasteiger partial charge in [0.1, 0.15) is 0 Å². The highest BCUT2D eigenvalue weighted by molar-refractivity contribution is 6.34. The maximum atomic E-state index is 12.3. The molecule has 1 fully saturated rings. The second-order valence-corrected chi connectivity index (χ2v) is 7.80. The van der Waals surface area contributed by atoms with Crippen LogP contribution in [0, 0.1) is 10.1 Å². The number of amides is 2. The van der Waals surface area contributed by atoms with Gasteiger partial charge in [-0.15, -0.1) is 0 Å². The lowest BCUT2D eigenvalue weighted by Gasteiger charge is -2.18. The van der Waals surface area contributed by atoms with E-state index < -0.39 is 10.7 Å². The molecule has 10 nitrogen and oxygen atoms in total. The van der Waals surface area contributed by atoms with Crippen molar-refractivity contribution in [2.75, 3.05) is 16.8 Å². The number of carbonyl (C=O) groups is 2. The molecule has 1 N–H and O–H groups in total. The predicted octanol–water partition coefficient (Wildman–Crippen LogP) is 3.70. The Kier molecular flexibility index (Phi) is 5.95. The number of benzene rings is 2. The van der Waals surface area contributed by atoms with E-state index in [1.807, 2.05) is 0 Å². The molecule has 0 spiro atoms. The summed E-state index contributed by atoms with van der Waals surface area (Å²) in [5.41, 5.74) is 1.52. The van der Waals surface area contributed by atoms with E-state index in [-0.39, 0.29) is 36.1 Å². The maximum Gasteiger partial charge on any atom is 0.419 e. The first-order chi connectivity index (χ1) is 15.3. The van der Waals surface area contributed by atoms with E-state index in [9.17, 15) is 24.5 Å². The lowest BCUT2D eigenvalue weighted by Crippen LogP contribution is -2.24. The number of anilines is 2. The molecule has 2 heterocycles. The third-order valence-electron chi connectivity index (χ3n) is 5.24. The first kappa shape index (κ1) is 21.6. The van der Waals surface area contributed by atoms with Gasteiger partial charge < -0.3 is 14.6 Å². The van der Waals surface area contributed by atoms with Crippen molar-refractivity contribution in [2.45, 2.75) is 32.2 Å². The number of aryl methyl sites for hydroxylation is 1. The number of hydrogen-bond donors (Lipinski definition) is 1. The van der Waals surface area contributed by atoms with Crippen molar-refractivity contribution in [2.24, 2.45) is 0 Å². The van der Waals surface area contributed by atoms with Crippen LogP contribution in [-0.2, 0) is 16.1 Å². The van der Waals surface area contributed by atoms with Gasteiger partial charge in [0.25, 0.3) is 5.69 Å². The second-order valence-electron chi connectivity index (χ2n) is 7.40. The monoisotopic (exact) mass is 458 g/mol. The van der Waals surface area contributed by atoms with E-state index in [2.05, 4.69) is 5.32 Å². The van der Waals surface area contributed by atoms with Gasteiger partial charge >= 0.3 is 5.76 Å². The molecule has 0 bridgehead atoms. The van der Waals surface area contributed by atoms with Gasteiger partial charge in [-0.1, -0.05) is 11.6 Å². The Labute approximate surface area is 186 Å². The molecule has 2 amide bonds. The van der Waals surface area contributed by atoms with Crippen LogP contribution in [0.4, 0.5) is 17.1 Å². The van der Waals surface area contributed by atoms with Crippen LogP contribution in [0.3, 0.4) is 0 Å². The number of nitrogens with zero attached hydrogens (tertiary/aromatic N) is 3. The minimum absolute atomic E-state index is 0.0281. The zero-order valence-electron chi connectivity index (χ0n) is 16.9. The molecule has 32 heavy (non-hydrogen) atoms. The van der Waals surface area contributed by atoms with Gasteiger partial charge in [0, 0.05) is 37.7 Å². The normalized spacial score (nSPS) is 13.7. The van der Waals surface area contributed by atoms with Crippen LogP contribution in [0.2, 0.25) is 5.02 Å². The third-order valence-corrected chi connectivity index (χ3v) is 5.55. The Balaban J connectivity index is 1.36. The highest BCUT2D eigenvalue weighted by Gasteiger charge is 2.23. The summed E-state index contributed by atoms with van der Waals surface area (Å²) < 4.78 is 6.42. The van der Waals surface area contributed by atoms with Gasteiger partial charge in [-0.3, -0.25) is 24.3 Å². The lowest BCUT2D eigenvalue weighted by molar-refractivity contribution is -0.384. The summed E-state index contributed by atoms with van der Waals surface area (Å²) in [7, 11) is 0. The van der Waals surface area contributed by atoms with E-state index in [0.717, 1.165) is 6.42 Å². The zero-order chi connectivity index (χ0) is 22.8. The van der Waals surface area contributed by atoms with Gasteiger partial charge in [-0.05, 0) is 37.1 Å². The number of hydrogen-bond acceptors (Lipinski definition) is 6. The van der Waals surface area contributed by atoms with Crippen LogP contribution in [0.15, 0.2) is 45.6 Å². The molecule has 4 rings (SSSR count). The smallest absolute Gasteiger partial charge is 0.407 e. The lowest BCUT2D eigenvalue weighted by atomic mass is 10.2. The molecule has 0 radical (unpaired) electrons. The van der Waals surface area contributed by atoms with E-state index in [1.165, 1.54) is 22.8 Å². The molecule has 11 heteroatoms. The molecule has 0 aliphatic carbocycles. The second kappa shape index (κ2) is 8.83. The number of aromatic nitrogens is 1. The molecule has 0 saturated carbocycles. The molecule has 3 aromatic rings. The number of nitrogens with one attached hydrogen (secondary N) is 1. The van der Waals surface area contributed by atoms with Gasteiger partial charge in [0.05, 0.1) is 27.2 Å². The fourth-order valence-corrected chi connectivity index (χ4v) is 3.99. The Morgan fingerprint density at radius 1 is 1.22 bits per heavy atom. The van der Waals surface area contributed by atoms with E-state index in [4.69, 9.17) is 16.0 Å². The number of non-ortho nitro benzene ring substituents is 1. The number of carbonyl (C=O) groups excluding carboxylic acids is 2. The van der Waals surface area contributed by atoms with E-state index >= 15 is 0 Å². The minimum Gasteiger partial charge on any atom is -0.407 e. The zero-order valence-corrected chi connectivity index (χ0v) is 17.6. The van der Waals surface area contributed by atoms with Crippen LogP contribution < -0.4 is 16.0 Å². The Hall–Kier alpha value is -3.66. The first-order valence-corrected chi connectivity index (χ1v) is 10.4. The minimum atomic E-state index is -0.639. The van der Waals surface area contributed by atoms with Crippen LogP contribution in [0.1, 0.15) is 25.7 Å². The van der Waals surface area contributed by atoms with Gasteiger partial charge in [-0.2, -0.15) is 0 Å². The average Bonchev–Trinajstić information content (AvgIpc) is 3.30. The summed E-state index contributed by atoms with van der Waals surface area (Å²) in [5, 5.41) is 14.0. The number of oxazole rings is 1. The molecular weight excluding hydrogens is 440 g/mol. The van der Waals surface area contributed by atoms with Crippen LogP contribution in [0.25, 0.3) is 11.1 Å². The molecule has 166 valence electrons. The fraction of sp³-hybridized carbons (Fsp3) is 0.286. The molecule has 1 aliphatic rings. The van der Waals surface area contributed by atoms with Crippen molar-refractivity contribution in [3.05, 3.63) is 62.1 Å². The summed E-state index contributed by atoms with van der Waals surface area (Å²) in [4.78, 5) is 48.2. The Bertz CT molecular complexity index is 1280. The maximum absolute atomic E-state index is 12.3. The van der Waals surface area contributed by atoms with Gasteiger partial charge in [0.15, 0.2) is 5.58 Å². The van der Waals surface area contributed by atoms with Crippen molar-refractivity contribution < 1.29 is 18.9 Å². The van der Waals surface area contributed by atoms with Crippen LogP contribution in [0.5, 0.6) is 0 Å². The van der Waals surface area contributed by atoms with Crippen molar-refractivity contribution in [1.29, 1.82) is 0 Å². The Morgan fingerprint density at radius 2 is 2.03 bits per heavy atom. The first-order valence-electron chi connectivity index (χ1n) is 10.0. The van der Waals surface area contributed by atoms with Gasteiger partial charge in [0.2, 0.25) is 11.8 Å². The number of rotatable bonds is 7. The molecular formula is C21H19ClN4O6. The van der Waals surface area contributed by atoms with E-state index in [0.29, 0.717) is 41.3 Å². The number of fused-ring (bicyclic) bond motifs is 1. The standard InChI is InChI=1S/C21H19ClN4O6/c22-15-11-13(5-7-16(15)24-9-2-4-20(24)28)23-19(27)3-1-10-25-17-8-6-14(26(30)31)12-18(17)32-21(25)29/h5-8,11-12H,1-4,9-10H2,(H,23,27). The topological polar surface area (TPSA) is 128 Å². The fourth-order valence-electron chi connectivity index (χ4n) is 3.71. The average molecular weight is 459 g/mol. The highest BCUT2D eigenvalue weighted by atomic mass is 35.5. The van der Waals surface area contributed by atoms with Crippen molar-refractivity contribution in [3.63, 3.8) is 0 Å². The largest absolute Gasteiger partial charge is 0.419 e. The molecule has 0 unspecified atom stereocenters. The quantitative estimate of drug-likeness (QED) is 0.424. The van der Waals surface area contributed by atoms with Crippen molar-refractivity contribution in [3.8, 4) is 0 Å². The van der Waals surface area contributed by atoms with Crippen LogP contribution in [-0.4, -0.2) is 27.8 Å². The highest BCUT2D eigenvalue weighted by Crippen LogP contribution is 2.31. The predicted molar refractivity (Wildman–Crippen MR) is 118 cm³/mol. The number of halogens is 1. The summed E-state index contributed by atoms with van der Waals surface area (Å²) >= 11 is 6.30. The van der Waals surface area contributed by atoms with Gasteiger partial charge in [-0.25, -0.2) is 4.79 Å². The third kappa shape index (κ3) is 4.35. The van der Waals surface area contributed by atoms with Crippen LogP contribution >= 0.6 is 11.6 Å². The molecule has 1 aliphatic heterocycles. The molecule has 0 atom stereocenters. The number of nitro benzene ring substituents is 1. The Morgan fingerprint density at radius 3 is 2.72 bits per heavy atom. The molecule has 1 saturated heterocycles. The molecule has 1 aromatic heterocycles. The molecule has 2 aromatic carbocycles. The summed E-state index contributed by atoms with van der Waals surface area (Å²) in [6.07, 6.45) is 1.78. The van der Waals surface area contributed by atoms with E-state index in [1.54, 1.807) is 23.1 Å². The summed E-state index contributed by atoms with van der Waals surface area (Å²) in [6, 6.07) is 8.93. The summed E-state index contributed by atoms with van der Waals surface area (Å²) in [5.74, 6) is -0.873.